The lowest BCUT2D eigenvalue weighted by molar-refractivity contribution is -0.118. The molecule has 0 saturated carbocycles. The van der Waals surface area contributed by atoms with Crippen LogP contribution >= 0.6 is 0 Å². The molecule has 0 atom stereocenters. The number of sulfonamides is 1. The first kappa shape index (κ1) is 23.3. The van der Waals surface area contributed by atoms with E-state index in [4.69, 9.17) is 0 Å². The highest BCUT2D eigenvalue weighted by atomic mass is 32.2. The van der Waals surface area contributed by atoms with Crippen molar-refractivity contribution < 1.29 is 13.2 Å². The van der Waals surface area contributed by atoms with Crippen LogP contribution in [0.2, 0.25) is 0 Å². The molecule has 3 aromatic rings. The van der Waals surface area contributed by atoms with Gasteiger partial charge in [-0.3, -0.25) is 9.78 Å². The number of hydrogen-bond acceptors (Lipinski definition) is 4. The number of hydrogen-bond donors (Lipinski definition) is 0. The lowest BCUT2D eigenvalue weighted by Gasteiger charge is -2.31. The van der Waals surface area contributed by atoms with Crippen LogP contribution in [0.3, 0.4) is 0 Å². The van der Waals surface area contributed by atoms with Crippen LogP contribution in [-0.2, 0) is 34.1 Å². The van der Waals surface area contributed by atoms with Gasteiger partial charge in [-0.15, -0.1) is 0 Å². The molecule has 0 aliphatic carbocycles. The molecule has 0 amide bonds. The maximum atomic E-state index is 13.1. The second kappa shape index (κ2) is 10.9. The molecule has 0 bridgehead atoms. The Kier molecular flexibility index (Phi) is 7.68. The van der Waals surface area contributed by atoms with E-state index in [2.05, 4.69) is 17.1 Å². The zero-order valence-corrected chi connectivity index (χ0v) is 19.6. The van der Waals surface area contributed by atoms with Gasteiger partial charge in [0.15, 0.2) is 0 Å². The van der Waals surface area contributed by atoms with Crippen molar-refractivity contribution in [3.8, 4) is 0 Å². The summed E-state index contributed by atoms with van der Waals surface area (Å²) < 4.78 is 27.8. The Morgan fingerprint density at radius 1 is 0.879 bits per heavy atom. The van der Waals surface area contributed by atoms with Crippen LogP contribution in [0.15, 0.2) is 84.0 Å². The Morgan fingerprint density at radius 2 is 1.58 bits per heavy atom. The number of nitrogens with zero attached hydrogens (tertiary/aromatic N) is 2. The summed E-state index contributed by atoms with van der Waals surface area (Å²) in [5.41, 5.74) is 3.19. The van der Waals surface area contributed by atoms with Crippen molar-refractivity contribution in [3.63, 3.8) is 0 Å². The second-order valence-corrected chi connectivity index (χ2v) is 10.7. The minimum Gasteiger partial charge on any atom is -0.299 e. The molecular formula is C27H30N2O3S. The first-order valence-corrected chi connectivity index (χ1v) is 13.0. The summed E-state index contributed by atoms with van der Waals surface area (Å²) in [6, 6.07) is 21.0. The molecular weight excluding hydrogens is 432 g/mol. The van der Waals surface area contributed by atoms with Crippen molar-refractivity contribution in [1.29, 1.82) is 0 Å². The van der Waals surface area contributed by atoms with Gasteiger partial charge in [-0.1, -0.05) is 48.5 Å². The Hall–Kier alpha value is -2.83. The number of aromatic nitrogens is 1. The summed E-state index contributed by atoms with van der Waals surface area (Å²) in [6.45, 7) is 1.10. The van der Waals surface area contributed by atoms with Crippen molar-refractivity contribution >= 4 is 15.8 Å². The highest BCUT2D eigenvalue weighted by Gasteiger charge is 2.29. The van der Waals surface area contributed by atoms with Gasteiger partial charge in [-0.2, -0.15) is 4.31 Å². The van der Waals surface area contributed by atoms with Crippen LogP contribution in [0, 0.1) is 5.92 Å². The Balaban J connectivity index is 1.29. The Labute approximate surface area is 196 Å². The van der Waals surface area contributed by atoms with Gasteiger partial charge in [0.1, 0.15) is 5.78 Å². The molecule has 1 aliphatic heterocycles. The highest BCUT2D eigenvalue weighted by Crippen LogP contribution is 2.26. The van der Waals surface area contributed by atoms with Gasteiger partial charge in [0.2, 0.25) is 10.0 Å². The molecule has 0 spiro atoms. The third-order valence-corrected chi connectivity index (χ3v) is 8.23. The van der Waals surface area contributed by atoms with Gasteiger partial charge in [0, 0.05) is 38.3 Å². The van der Waals surface area contributed by atoms with Crippen LogP contribution in [0.5, 0.6) is 0 Å². The number of Topliss-reactive ketones (excluding diaryl/α,β-unsaturated/α-hetero) is 1. The predicted molar refractivity (Wildman–Crippen MR) is 129 cm³/mol. The van der Waals surface area contributed by atoms with Crippen LogP contribution in [0.1, 0.15) is 36.0 Å². The summed E-state index contributed by atoms with van der Waals surface area (Å²) >= 11 is 0. The van der Waals surface area contributed by atoms with E-state index in [9.17, 15) is 13.2 Å². The predicted octanol–water partition coefficient (Wildman–Crippen LogP) is 4.47. The molecule has 0 radical (unpaired) electrons. The molecule has 33 heavy (non-hydrogen) atoms. The number of pyridine rings is 1. The van der Waals surface area contributed by atoms with Crippen molar-refractivity contribution in [2.45, 2.75) is 43.4 Å². The van der Waals surface area contributed by atoms with Crippen LogP contribution in [0.25, 0.3) is 0 Å². The third kappa shape index (κ3) is 6.36. The fraction of sp³-hybridized carbons (Fsp3) is 0.333. The van der Waals surface area contributed by atoms with Crippen LogP contribution in [0.4, 0.5) is 0 Å². The molecule has 5 nitrogen and oxygen atoms in total. The molecule has 1 aliphatic rings. The van der Waals surface area contributed by atoms with Gasteiger partial charge in [-0.25, -0.2) is 8.42 Å². The van der Waals surface area contributed by atoms with Gasteiger partial charge in [-0.05, 0) is 66.5 Å². The normalized spacial score (nSPS) is 15.4. The highest BCUT2D eigenvalue weighted by molar-refractivity contribution is 7.89. The number of rotatable bonds is 9. The zero-order valence-electron chi connectivity index (χ0n) is 18.8. The Morgan fingerprint density at radius 3 is 2.24 bits per heavy atom. The fourth-order valence-corrected chi connectivity index (χ4v) is 5.85. The molecule has 2 heterocycles. The van der Waals surface area contributed by atoms with Crippen molar-refractivity contribution in [1.82, 2.24) is 9.29 Å². The summed E-state index contributed by atoms with van der Waals surface area (Å²) in [5, 5.41) is 0. The lowest BCUT2D eigenvalue weighted by atomic mass is 9.91. The summed E-state index contributed by atoms with van der Waals surface area (Å²) in [6.07, 6.45) is 7.66. The molecule has 172 valence electrons. The quantitative estimate of drug-likeness (QED) is 0.471. The number of aryl methyl sites for hydroxylation is 1. The van der Waals surface area contributed by atoms with E-state index in [1.807, 2.05) is 30.3 Å². The average Bonchev–Trinajstić information content (AvgIpc) is 2.85. The molecule has 0 unspecified atom stereocenters. The number of benzene rings is 2. The van der Waals surface area contributed by atoms with E-state index in [0.717, 1.165) is 30.4 Å². The lowest BCUT2D eigenvalue weighted by Crippen LogP contribution is -2.38. The summed E-state index contributed by atoms with van der Waals surface area (Å²) in [7, 11) is -3.51. The zero-order chi connectivity index (χ0) is 23.1. The number of piperidine rings is 1. The average molecular weight is 463 g/mol. The number of carbonyl (C=O) groups is 1. The molecule has 6 heteroatoms. The first-order valence-electron chi connectivity index (χ1n) is 11.5. The van der Waals surface area contributed by atoms with Crippen molar-refractivity contribution in [2.24, 2.45) is 5.92 Å². The summed E-state index contributed by atoms with van der Waals surface area (Å²) in [4.78, 5) is 16.7. The fourth-order valence-electron chi connectivity index (χ4n) is 4.38. The smallest absolute Gasteiger partial charge is 0.243 e. The topological polar surface area (TPSA) is 67.3 Å². The molecule has 1 saturated heterocycles. The molecule has 0 N–H and O–H groups in total. The molecule has 2 aromatic carbocycles. The second-order valence-electron chi connectivity index (χ2n) is 8.76. The molecule has 1 aromatic heterocycles. The van der Waals surface area contributed by atoms with E-state index in [0.29, 0.717) is 43.2 Å². The van der Waals surface area contributed by atoms with E-state index in [1.165, 1.54) is 5.56 Å². The van der Waals surface area contributed by atoms with E-state index in [-0.39, 0.29) is 5.78 Å². The maximum Gasteiger partial charge on any atom is 0.243 e. The first-order chi connectivity index (χ1) is 16.0. The van der Waals surface area contributed by atoms with Crippen LogP contribution in [-0.4, -0.2) is 36.6 Å². The van der Waals surface area contributed by atoms with E-state index >= 15 is 0 Å². The van der Waals surface area contributed by atoms with Gasteiger partial charge in [0.05, 0.1) is 4.90 Å². The van der Waals surface area contributed by atoms with Crippen molar-refractivity contribution in [3.05, 3.63) is 95.8 Å². The molecule has 4 rings (SSSR count). The van der Waals surface area contributed by atoms with E-state index in [1.54, 1.807) is 41.0 Å². The van der Waals surface area contributed by atoms with Crippen molar-refractivity contribution in [2.75, 3.05) is 13.1 Å². The third-order valence-electron chi connectivity index (χ3n) is 6.32. The minimum atomic E-state index is -3.51. The standard InChI is InChI=1S/C27H30N2O3S/c30-26(11-8-25-7-4-16-28-21-25)20-23-9-12-27(13-10-23)33(31,32)29-17-14-24(15-18-29)19-22-5-2-1-3-6-22/h1-7,9-10,12-13,16,21,24H,8,11,14-15,17-20H2. The Bertz CT molecular complexity index is 1140. The van der Waals surface area contributed by atoms with Crippen LogP contribution < -0.4 is 0 Å². The SMILES string of the molecule is O=C(CCc1cccnc1)Cc1ccc(S(=O)(=O)N2CCC(Cc3ccccc3)CC2)cc1. The largest absolute Gasteiger partial charge is 0.299 e. The van der Waals surface area contributed by atoms with Gasteiger partial charge in [0.25, 0.3) is 0 Å². The summed E-state index contributed by atoms with van der Waals surface area (Å²) in [5.74, 6) is 0.647. The van der Waals surface area contributed by atoms with Gasteiger partial charge < -0.3 is 0 Å². The maximum absolute atomic E-state index is 13.1. The monoisotopic (exact) mass is 462 g/mol. The van der Waals surface area contributed by atoms with E-state index < -0.39 is 10.0 Å². The van der Waals surface area contributed by atoms with Gasteiger partial charge >= 0.3 is 0 Å². The molecule has 1 fully saturated rings. The number of carbonyl (C=O) groups excluding carboxylic acids is 1. The minimum absolute atomic E-state index is 0.134. The number of ketones is 1.